The molecule has 0 aliphatic carbocycles. The Morgan fingerprint density at radius 2 is 0.755 bits per heavy atom. The SMILES string of the molecule is c1ccc(-c2ccc(-c3nc(-c4ccc(-c5ccccc5)cc4)nc(-c4cccc5oc6c7ccccc7c(-c7ccccc7)cc6c45)n3)cc2)cc1. The molecule has 0 fully saturated rings. The van der Waals surface area contributed by atoms with Crippen LogP contribution in [0.25, 0.3) is 100 Å². The molecule has 2 aromatic heterocycles. The van der Waals surface area contributed by atoms with E-state index in [0.717, 1.165) is 82.8 Å². The number of fused-ring (bicyclic) bond motifs is 5. The van der Waals surface area contributed by atoms with Gasteiger partial charge in [-0.05, 0) is 50.9 Å². The van der Waals surface area contributed by atoms with E-state index in [-0.39, 0.29) is 0 Å². The van der Waals surface area contributed by atoms with E-state index in [1.54, 1.807) is 0 Å². The van der Waals surface area contributed by atoms with E-state index in [2.05, 4.69) is 164 Å². The Hall–Kier alpha value is -7.17. The minimum Gasteiger partial charge on any atom is -0.455 e. The van der Waals surface area contributed by atoms with E-state index >= 15 is 0 Å². The van der Waals surface area contributed by atoms with Crippen molar-refractivity contribution in [1.29, 1.82) is 0 Å². The van der Waals surface area contributed by atoms with Crippen LogP contribution in [0.3, 0.4) is 0 Å². The van der Waals surface area contributed by atoms with Crippen LogP contribution in [-0.2, 0) is 0 Å². The lowest BCUT2D eigenvalue weighted by Gasteiger charge is -2.11. The summed E-state index contributed by atoms with van der Waals surface area (Å²) >= 11 is 0. The van der Waals surface area contributed by atoms with Crippen LogP contribution in [0.1, 0.15) is 0 Å². The first-order chi connectivity index (χ1) is 26.3. The van der Waals surface area contributed by atoms with Crippen molar-refractivity contribution in [2.75, 3.05) is 0 Å². The maximum Gasteiger partial charge on any atom is 0.164 e. The van der Waals surface area contributed by atoms with Gasteiger partial charge in [-0.3, -0.25) is 0 Å². The summed E-state index contributed by atoms with van der Waals surface area (Å²) in [6, 6.07) is 65.1. The van der Waals surface area contributed by atoms with E-state index < -0.39 is 0 Å². The summed E-state index contributed by atoms with van der Waals surface area (Å²) in [6.45, 7) is 0. The molecule has 248 valence electrons. The van der Waals surface area contributed by atoms with Gasteiger partial charge in [0.1, 0.15) is 11.2 Å². The lowest BCUT2D eigenvalue weighted by Crippen LogP contribution is -2.00. The first-order valence-electron chi connectivity index (χ1n) is 17.8. The molecule has 0 unspecified atom stereocenters. The molecule has 0 amide bonds. The van der Waals surface area contributed by atoms with Gasteiger partial charge in [0.25, 0.3) is 0 Å². The van der Waals surface area contributed by atoms with Gasteiger partial charge in [0.05, 0.1) is 0 Å². The summed E-state index contributed by atoms with van der Waals surface area (Å²) in [5, 5.41) is 4.22. The first-order valence-corrected chi connectivity index (χ1v) is 17.8. The number of nitrogens with zero attached hydrogens (tertiary/aromatic N) is 3. The molecule has 0 bridgehead atoms. The van der Waals surface area contributed by atoms with Crippen LogP contribution in [0.4, 0.5) is 0 Å². The second-order valence-corrected chi connectivity index (χ2v) is 13.2. The molecule has 0 aliphatic rings. The number of benzene rings is 8. The summed E-state index contributed by atoms with van der Waals surface area (Å²) < 4.78 is 6.69. The molecule has 2 heterocycles. The summed E-state index contributed by atoms with van der Waals surface area (Å²) in [4.78, 5) is 15.4. The van der Waals surface area contributed by atoms with Crippen LogP contribution in [0.2, 0.25) is 0 Å². The molecular weight excluding hydrogens is 647 g/mol. The Bertz CT molecular complexity index is 2800. The third kappa shape index (κ3) is 5.54. The third-order valence-electron chi connectivity index (χ3n) is 9.96. The van der Waals surface area contributed by atoms with Crippen molar-refractivity contribution in [2.24, 2.45) is 0 Å². The zero-order valence-corrected chi connectivity index (χ0v) is 28.6. The molecule has 0 radical (unpaired) electrons. The van der Waals surface area contributed by atoms with Crippen molar-refractivity contribution < 1.29 is 4.42 Å². The lowest BCUT2D eigenvalue weighted by molar-refractivity contribution is 0.673. The normalized spacial score (nSPS) is 11.4. The van der Waals surface area contributed by atoms with Crippen molar-refractivity contribution in [3.63, 3.8) is 0 Å². The molecule has 0 atom stereocenters. The Balaban J connectivity index is 1.18. The minimum absolute atomic E-state index is 0.590. The highest BCUT2D eigenvalue weighted by Gasteiger charge is 2.20. The van der Waals surface area contributed by atoms with E-state index in [0.29, 0.717) is 17.5 Å². The smallest absolute Gasteiger partial charge is 0.164 e. The molecule has 0 saturated carbocycles. The minimum atomic E-state index is 0.590. The van der Waals surface area contributed by atoms with E-state index in [1.165, 1.54) is 0 Å². The van der Waals surface area contributed by atoms with Crippen molar-refractivity contribution in [3.8, 4) is 67.5 Å². The van der Waals surface area contributed by atoms with Crippen LogP contribution in [0, 0.1) is 0 Å². The number of hydrogen-bond donors (Lipinski definition) is 0. The average molecular weight is 678 g/mol. The Morgan fingerprint density at radius 3 is 1.32 bits per heavy atom. The highest BCUT2D eigenvalue weighted by atomic mass is 16.3. The highest BCUT2D eigenvalue weighted by Crippen LogP contribution is 2.43. The molecule has 10 aromatic rings. The second-order valence-electron chi connectivity index (χ2n) is 13.2. The fourth-order valence-electron chi connectivity index (χ4n) is 7.33. The monoisotopic (exact) mass is 677 g/mol. The fourth-order valence-corrected chi connectivity index (χ4v) is 7.33. The number of rotatable bonds is 6. The molecule has 4 heteroatoms. The summed E-state index contributed by atoms with van der Waals surface area (Å²) in [5.41, 5.74) is 11.3. The fraction of sp³-hybridized carbons (Fsp3) is 0. The Morgan fingerprint density at radius 1 is 0.302 bits per heavy atom. The van der Waals surface area contributed by atoms with Crippen LogP contribution in [0.15, 0.2) is 192 Å². The third-order valence-corrected chi connectivity index (χ3v) is 9.96. The van der Waals surface area contributed by atoms with Gasteiger partial charge in [0, 0.05) is 32.8 Å². The van der Waals surface area contributed by atoms with Gasteiger partial charge in [-0.15, -0.1) is 0 Å². The molecule has 53 heavy (non-hydrogen) atoms. The van der Waals surface area contributed by atoms with Crippen molar-refractivity contribution in [3.05, 3.63) is 188 Å². The van der Waals surface area contributed by atoms with Gasteiger partial charge >= 0.3 is 0 Å². The van der Waals surface area contributed by atoms with E-state index in [9.17, 15) is 0 Å². The van der Waals surface area contributed by atoms with Gasteiger partial charge in [-0.1, -0.05) is 176 Å². The maximum atomic E-state index is 6.69. The quantitative estimate of drug-likeness (QED) is 0.176. The zero-order chi connectivity index (χ0) is 35.1. The molecule has 0 saturated heterocycles. The van der Waals surface area contributed by atoms with Crippen molar-refractivity contribution in [2.45, 2.75) is 0 Å². The lowest BCUT2D eigenvalue weighted by atomic mass is 9.94. The Kier molecular flexibility index (Phi) is 7.43. The predicted molar refractivity (Wildman–Crippen MR) is 217 cm³/mol. The molecule has 0 spiro atoms. The predicted octanol–water partition coefficient (Wildman–Crippen LogP) is 12.9. The standard InChI is InChI=1S/C49H31N3O/c1-4-13-32(14-5-1)34-23-27-37(28-24-34)47-50-48(38-29-25-35(26-30-38)33-15-6-2-7-16-33)52-49(51-47)41-21-12-22-44-45(41)43-31-42(36-17-8-3-9-18-36)39-19-10-11-20-40(39)46(43)53-44/h1-31H. The molecule has 10 rings (SSSR count). The number of hydrogen-bond acceptors (Lipinski definition) is 4. The van der Waals surface area contributed by atoms with Crippen molar-refractivity contribution >= 4 is 32.7 Å². The van der Waals surface area contributed by atoms with Gasteiger partial charge in [0.2, 0.25) is 0 Å². The number of aromatic nitrogens is 3. The molecular formula is C49H31N3O. The maximum absolute atomic E-state index is 6.69. The van der Waals surface area contributed by atoms with Crippen LogP contribution in [0.5, 0.6) is 0 Å². The largest absolute Gasteiger partial charge is 0.455 e. The number of furan rings is 1. The van der Waals surface area contributed by atoms with Crippen molar-refractivity contribution in [1.82, 2.24) is 15.0 Å². The average Bonchev–Trinajstić information content (AvgIpc) is 3.63. The molecule has 0 aliphatic heterocycles. The van der Waals surface area contributed by atoms with E-state index in [4.69, 9.17) is 19.4 Å². The second kappa shape index (κ2) is 12.9. The van der Waals surface area contributed by atoms with Gasteiger partial charge in [-0.25, -0.2) is 15.0 Å². The summed E-state index contributed by atoms with van der Waals surface area (Å²) in [6.07, 6.45) is 0. The first kappa shape index (κ1) is 30.6. The zero-order valence-electron chi connectivity index (χ0n) is 28.6. The summed E-state index contributed by atoms with van der Waals surface area (Å²) in [7, 11) is 0. The van der Waals surface area contributed by atoms with E-state index in [1.807, 2.05) is 24.3 Å². The molecule has 8 aromatic carbocycles. The van der Waals surface area contributed by atoms with Crippen LogP contribution < -0.4 is 0 Å². The van der Waals surface area contributed by atoms with Gasteiger partial charge in [-0.2, -0.15) is 0 Å². The van der Waals surface area contributed by atoms with Crippen LogP contribution >= 0.6 is 0 Å². The summed E-state index contributed by atoms with van der Waals surface area (Å²) in [5.74, 6) is 1.81. The topological polar surface area (TPSA) is 51.8 Å². The van der Waals surface area contributed by atoms with Gasteiger partial charge in [0.15, 0.2) is 17.5 Å². The highest BCUT2D eigenvalue weighted by molar-refractivity contribution is 6.21. The molecule has 4 nitrogen and oxygen atoms in total. The van der Waals surface area contributed by atoms with Gasteiger partial charge < -0.3 is 4.42 Å². The molecule has 0 N–H and O–H groups in total. The van der Waals surface area contributed by atoms with Crippen LogP contribution in [-0.4, -0.2) is 15.0 Å². The Labute approximate surface area is 306 Å².